The number of carbonyl (C=O) groups excluding carboxylic acids is 3. The van der Waals surface area contributed by atoms with E-state index in [1.54, 1.807) is 49.4 Å². The number of hydrogen-bond donors (Lipinski definition) is 1. The van der Waals surface area contributed by atoms with Crippen LogP contribution in [0.2, 0.25) is 0 Å². The van der Waals surface area contributed by atoms with Crippen LogP contribution in [0.1, 0.15) is 39.6 Å². The number of Topliss-reactive ketones (excluding diaryl/α,β-unsaturated/α-hetero) is 1. The minimum atomic E-state index is -0.594. The number of hydrogen-bond acceptors (Lipinski definition) is 5. The maximum absolute atomic E-state index is 12.2. The number of nitrogens with one attached hydrogen (secondary N) is 1. The number of ketones is 1. The average Bonchev–Trinajstić information content (AvgIpc) is 2.66. The van der Waals surface area contributed by atoms with Gasteiger partial charge in [0.15, 0.2) is 12.4 Å². The zero-order valence-electron chi connectivity index (χ0n) is 15.0. The SMILES string of the molecule is CCC(=O)Nc1ccc(C(=O)COC(=O)c2ccc(C)c(OC)c2)cc1. The molecule has 1 amide bonds. The molecule has 0 spiro atoms. The molecule has 0 aliphatic carbocycles. The normalized spacial score (nSPS) is 10.1. The summed E-state index contributed by atoms with van der Waals surface area (Å²) in [5.41, 5.74) is 2.22. The van der Waals surface area contributed by atoms with Crippen LogP contribution >= 0.6 is 0 Å². The molecular formula is C20H21NO5. The number of methoxy groups -OCH3 is 1. The molecule has 0 aromatic heterocycles. The van der Waals surface area contributed by atoms with E-state index in [0.29, 0.717) is 29.0 Å². The third-order valence-electron chi connectivity index (χ3n) is 3.79. The lowest BCUT2D eigenvalue weighted by atomic mass is 10.1. The monoisotopic (exact) mass is 355 g/mol. The number of amides is 1. The zero-order valence-corrected chi connectivity index (χ0v) is 15.0. The molecule has 1 N–H and O–H groups in total. The Labute approximate surface area is 152 Å². The molecule has 0 saturated carbocycles. The molecular weight excluding hydrogens is 334 g/mol. The summed E-state index contributed by atoms with van der Waals surface area (Å²) in [6, 6.07) is 11.4. The molecule has 0 saturated heterocycles. The maximum Gasteiger partial charge on any atom is 0.338 e. The van der Waals surface area contributed by atoms with Crippen LogP contribution in [-0.2, 0) is 9.53 Å². The van der Waals surface area contributed by atoms with Crippen molar-refractivity contribution in [2.24, 2.45) is 0 Å². The van der Waals surface area contributed by atoms with Gasteiger partial charge in [-0.2, -0.15) is 0 Å². The number of anilines is 1. The van der Waals surface area contributed by atoms with E-state index in [-0.39, 0.29) is 18.3 Å². The smallest absolute Gasteiger partial charge is 0.338 e. The van der Waals surface area contributed by atoms with Gasteiger partial charge in [-0.25, -0.2) is 4.79 Å². The number of benzene rings is 2. The summed E-state index contributed by atoms with van der Waals surface area (Å²) in [4.78, 5) is 35.6. The topological polar surface area (TPSA) is 81.7 Å². The third-order valence-corrected chi connectivity index (χ3v) is 3.79. The zero-order chi connectivity index (χ0) is 19.1. The van der Waals surface area contributed by atoms with Crippen molar-refractivity contribution < 1.29 is 23.9 Å². The van der Waals surface area contributed by atoms with E-state index in [9.17, 15) is 14.4 Å². The summed E-state index contributed by atoms with van der Waals surface area (Å²) >= 11 is 0. The number of carbonyl (C=O) groups is 3. The number of ether oxygens (including phenoxy) is 2. The molecule has 2 aromatic rings. The van der Waals surface area contributed by atoms with Gasteiger partial charge in [-0.1, -0.05) is 13.0 Å². The molecule has 0 bridgehead atoms. The van der Waals surface area contributed by atoms with E-state index >= 15 is 0 Å². The van der Waals surface area contributed by atoms with Crippen LogP contribution in [0, 0.1) is 6.92 Å². The summed E-state index contributed by atoms with van der Waals surface area (Å²) in [6.45, 7) is 3.25. The molecule has 0 atom stereocenters. The van der Waals surface area contributed by atoms with Crippen molar-refractivity contribution >= 4 is 23.3 Å². The van der Waals surface area contributed by atoms with Gasteiger partial charge >= 0.3 is 5.97 Å². The molecule has 6 nitrogen and oxygen atoms in total. The molecule has 0 heterocycles. The predicted molar refractivity (Wildman–Crippen MR) is 97.7 cm³/mol. The molecule has 0 radical (unpaired) electrons. The van der Waals surface area contributed by atoms with Crippen molar-refractivity contribution in [3.63, 3.8) is 0 Å². The van der Waals surface area contributed by atoms with Crippen molar-refractivity contribution in [1.82, 2.24) is 0 Å². The van der Waals surface area contributed by atoms with Crippen LogP contribution in [0.15, 0.2) is 42.5 Å². The Morgan fingerprint density at radius 3 is 2.27 bits per heavy atom. The van der Waals surface area contributed by atoms with Crippen LogP contribution in [-0.4, -0.2) is 31.4 Å². The van der Waals surface area contributed by atoms with Gasteiger partial charge in [-0.05, 0) is 48.9 Å². The predicted octanol–water partition coefficient (Wildman–Crippen LogP) is 3.39. The number of esters is 1. The highest BCUT2D eigenvalue weighted by atomic mass is 16.5. The van der Waals surface area contributed by atoms with Gasteiger partial charge in [0.05, 0.1) is 12.7 Å². The summed E-state index contributed by atoms with van der Waals surface area (Å²) < 4.78 is 10.3. The molecule has 0 aliphatic heterocycles. The van der Waals surface area contributed by atoms with Crippen LogP contribution in [0.25, 0.3) is 0 Å². The van der Waals surface area contributed by atoms with Crippen molar-refractivity contribution in [1.29, 1.82) is 0 Å². The Hall–Kier alpha value is -3.15. The van der Waals surface area contributed by atoms with Crippen LogP contribution in [0.5, 0.6) is 5.75 Å². The molecule has 6 heteroatoms. The van der Waals surface area contributed by atoms with Gasteiger partial charge in [0.2, 0.25) is 5.91 Å². The fraction of sp³-hybridized carbons (Fsp3) is 0.250. The lowest BCUT2D eigenvalue weighted by molar-refractivity contribution is -0.115. The van der Waals surface area contributed by atoms with Gasteiger partial charge in [-0.3, -0.25) is 9.59 Å². The first kappa shape index (κ1) is 19.2. The molecule has 0 fully saturated rings. The fourth-order valence-electron chi connectivity index (χ4n) is 2.23. The standard InChI is InChI=1S/C20H21NO5/c1-4-19(23)21-16-9-7-14(8-10-16)17(22)12-26-20(24)15-6-5-13(2)18(11-15)25-3/h5-11H,4,12H2,1-3H3,(H,21,23). The van der Waals surface area contributed by atoms with Gasteiger partial charge in [0, 0.05) is 17.7 Å². The Kier molecular flexibility index (Phi) is 6.49. The second-order valence-electron chi connectivity index (χ2n) is 5.66. The highest BCUT2D eigenvalue weighted by Gasteiger charge is 2.13. The Morgan fingerprint density at radius 1 is 1.00 bits per heavy atom. The minimum Gasteiger partial charge on any atom is -0.496 e. The van der Waals surface area contributed by atoms with Crippen LogP contribution in [0.4, 0.5) is 5.69 Å². The first-order valence-electron chi connectivity index (χ1n) is 8.19. The molecule has 2 aromatic carbocycles. The van der Waals surface area contributed by atoms with Gasteiger partial charge in [0.1, 0.15) is 5.75 Å². The Bertz CT molecular complexity index is 811. The van der Waals surface area contributed by atoms with Crippen molar-refractivity contribution in [2.75, 3.05) is 19.0 Å². The van der Waals surface area contributed by atoms with Gasteiger partial charge < -0.3 is 14.8 Å². The lowest BCUT2D eigenvalue weighted by Gasteiger charge is -2.08. The Balaban J connectivity index is 1.95. The van der Waals surface area contributed by atoms with E-state index in [0.717, 1.165) is 5.56 Å². The number of aryl methyl sites for hydroxylation is 1. The van der Waals surface area contributed by atoms with Gasteiger partial charge in [-0.15, -0.1) is 0 Å². The second kappa shape index (κ2) is 8.80. The molecule has 0 aliphatic rings. The molecule has 2 rings (SSSR count). The van der Waals surface area contributed by atoms with Crippen LogP contribution < -0.4 is 10.1 Å². The first-order valence-corrected chi connectivity index (χ1v) is 8.19. The summed E-state index contributed by atoms with van der Waals surface area (Å²) in [7, 11) is 1.52. The first-order chi connectivity index (χ1) is 12.4. The van der Waals surface area contributed by atoms with E-state index in [1.165, 1.54) is 7.11 Å². The summed E-state index contributed by atoms with van der Waals surface area (Å²) in [5, 5.41) is 2.70. The molecule has 136 valence electrons. The largest absolute Gasteiger partial charge is 0.496 e. The van der Waals surface area contributed by atoms with Crippen molar-refractivity contribution in [3.05, 3.63) is 59.2 Å². The summed E-state index contributed by atoms with van der Waals surface area (Å²) in [6.07, 6.45) is 0.375. The highest BCUT2D eigenvalue weighted by molar-refractivity contribution is 6.00. The lowest BCUT2D eigenvalue weighted by Crippen LogP contribution is -2.15. The second-order valence-corrected chi connectivity index (χ2v) is 5.66. The fourth-order valence-corrected chi connectivity index (χ4v) is 2.23. The van der Waals surface area contributed by atoms with Gasteiger partial charge in [0.25, 0.3) is 0 Å². The minimum absolute atomic E-state index is 0.105. The van der Waals surface area contributed by atoms with E-state index in [2.05, 4.69) is 5.32 Å². The van der Waals surface area contributed by atoms with E-state index in [4.69, 9.17) is 9.47 Å². The van der Waals surface area contributed by atoms with E-state index < -0.39 is 5.97 Å². The Morgan fingerprint density at radius 2 is 1.65 bits per heavy atom. The molecule has 0 unspecified atom stereocenters. The van der Waals surface area contributed by atoms with E-state index in [1.807, 2.05) is 6.92 Å². The molecule has 26 heavy (non-hydrogen) atoms. The van der Waals surface area contributed by atoms with Crippen molar-refractivity contribution in [2.45, 2.75) is 20.3 Å². The van der Waals surface area contributed by atoms with Crippen LogP contribution in [0.3, 0.4) is 0 Å². The quantitative estimate of drug-likeness (QED) is 0.608. The highest BCUT2D eigenvalue weighted by Crippen LogP contribution is 2.19. The summed E-state index contributed by atoms with van der Waals surface area (Å²) in [5.74, 6) is -0.448. The third kappa shape index (κ3) is 4.92. The average molecular weight is 355 g/mol. The van der Waals surface area contributed by atoms with Crippen molar-refractivity contribution in [3.8, 4) is 5.75 Å². The number of rotatable bonds is 7. The maximum atomic E-state index is 12.2.